The second kappa shape index (κ2) is 8.06. The van der Waals surface area contributed by atoms with Crippen molar-refractivity contribution in [2.24, 2.45) is 0 Å². The summed E-state index contributed by atoms with van der Waals surface area (Å²) in [5, 5.41) is 68.9. The van der Waals surface area contributed by atoms with Crippen LogP contribution in [0.1, 0.15) is 6.92 Å². The minimum atomic E-state index is -1.96. The van der Waals surface area contributed by atoms with Crippen molar-refractivity contribution in [1.82, 2.24) is 0 Å². The van der Waals surface area contributed by atoms with E-state index in [1.807, 2.05) is 0 Å². The molecule has 0 saturated carbocycles. The molecule has 11 heteroatoms. The molecule has 0 bridgehead atoms. The van der Waals surface area contributed by atoms with Crippen LogP contribution in [0.25, 0.3) is 0 Å². The fourth-order valence-electron chi connectivity index (χ4n) is 3.06. The van der Waals surface area contributed by atoms with Gasteiger partial charge in [0.2, 0.25) is 0 Å². The van der Waals surface area contributed by atoms with E-state index in [9.17, 15) is 35.7 Å². The summed E-state index contributed by atoms with van der Waals surface area (Å²) in [7, 11) is 1.25. The van der Waals surface area contributed by atoms with Gasteiger partial charge in [-0.15, -0.1) is 0 Å². The van der Waals surface area contributed by atoms with Gasteiger partial charge in [-0.2, -0.15) is 0 Å². The number of rotatable bonds is 5. The first-order chi connectivity index (χ1) is 11.7. The van der Waals surface area contributed by atoms with E-state index in [2.05, 4.69) is 0 Å². The van der Waals surface area contributed by atoms with Crippen LogP contribution in [0.4, 0.5) is 0 Å². The number of aliphatic hydroxyl groups is 7. The van der Waals surface area contributed by atoms with Gasteiger partial charge in [-0.1, -0.05) is 0 Å². The quantitative estimate of drug-likeness (QED) is 0.249. The predicted molar refractivity (Wildman–Crippen MR) is 78.0 cm³/mol. The zero-order valence-corrected chi connectivity index (χ0v) is 13.9. The maximum atomic E-state index is 10.3. The highest BCUT2D eigenvalue weighted by Crippen LogP contribution is 2.35. The van der Waals surface area contributed by atoms with Crippen molar-refractivity contribution in [2.75, 3.05) is 20.3 Å². The van der Waals surface area contributed by atoms with E-state index in [1.54, 1.807) is 0 Å². The van der Waals surface area contributed by atoms with E-state index in [0.29, 0.717) is 0 Å². The molecule has 11 nitrogen and oxygen atoms in total. The Morgan fingerprint density at radius 1 is 0.880 bits per heavy atom. The van der Waals surface area contributed by atoms with Crippen LogP contribution in [-0.2, 0) is 18.9 Å². The maximum absolute atomic E-state index is 10.3. The van der Waals surface area contributed by atoms with Crippen LogP contribution < -0.4 is 0 Å². The summed E-state index contributed by atoms with van der Waals surface area (Å²) in [5.41, 5.74) is 0. The lowest BCUT2D eigenvalue weighted by Crippen LogP contribution is -2.68. The molecule has 2 fully saturated rings. The van der Waals surface area contributed by atoms with Gasteiger partial charge in [0.05, 0.1) is 13.2 Å². The van der Waals surface area contributed by atoms with Gasteiger partial charge in [-0.3, -0.25) is 0 Å². The molecule has 0 aromatic rings. The van der Waals surface area contributed by atoms with Crippen LogP contribution in [0.15, 0.2) is 0 Å². The van der Waals surface area contributed by atoms with Crippen LogP contribution in [-0.4, -0.2) is 117 Å². The number of methoxy groups -OCH3 is 1. The third kappa shape index (κ3) is 3.82. The first kappa shape index (κ1) is 20.9. The molecule has 2 rings (SSSR count). The second-order valence-electron chi connectivity index (χ2n) is 6.31. The number of aliphatic hydroxyl groups excluding tert-OH is 7. The highest BCUT2D eigenvalue weighted by Gasteiger charge is 2.55. The Bertz CT molecular complexity index is 433. The Morgan fingerprint density at radius 2 is 1.48 bits per heavy atom. The van der Waals surface area contributed by atoms with Gasteiger partial charge in [-0.25, -0.2) is 0 Å². The van der Waals surface area contributed by atoms with Crippen molar-refractivity contribution >= 4 is 0 Å². The Kier molecular flexibility index (Phi) is 6.73. The van der Waals surface area contributed by atoms with E-state index in [1.165, 1.54) is 14.0 Å². The monoisotopic (exact) mass is 370 g/mol. The summed E-state index contributed by atoms with van der Waals surface area (Å²) >= 11 is 0. The molecule has 0 unspecified atom stereocenters. The Hall–Kier alpha value is -0.440. The van der Waals surface area contributed by atoms with E-state index >= 15 is 0 Å². The van der Waals surface area contributed by atoms with Crippen molar-refractivity contribution in [3.05, 3.63) is 0 Å². The summed E-state index contributed by atoms with van der Waals surface area (Å²) in [6.45, 7) is -0.0358. The summed E-state index contributed by atoms with van der Waals surface area (Å²) in [6, 6.07) is 0. The molecule has 0 aromatic carbocycles. The van der Waals surface area contributed by atoms with Crippen LogP contribution >= 0.6 is 0 Å². The maximum Gasteiger partial charge on any atom is 0.195 e. The van der Waals surface area contributed by atoms with E-state index in [4.69, 9.17) is 18.9 Å². The van der Waals surface area contributed by atoms with E-state index < -0.39 is 74.1 Å². The SMILES string of the molecule is CO[C@H]1O[C@H](CO)[C@@H](O[C@@]2(C)O[C@H](CO)[C@@H](O)[C@H](O)[C@H]2O)[C@H](O)[C@H]1O. The zero-order valence-electron chi connectivity index (χ0n) is 13.9. The standard InChI is InChI=1S/C14H26O11/c1-14(12(21)9(19)7(17)5(3-15)24-14)25-11-6(4-16)23-13(22-2)10(20)8(11)18/h5-13,15-21H,3-4H2,1-2H3/t5-,6-,7-,8-,9+,10-,11-,12-,13+,14-/m1/s1. The third-order valence-corrected chi connectivity index (χ3v) is 4.58. The van der Waals surface area contributed by atoms with Gasteiger partial charge in [0.1, 0.15) is 48.8 Å². The molecule has 0 spiro atoms. The topological polar surface area (TPSA) is 179 Å². The fourth-order valence-corrected chi connectivity index (χ4v) is 3.06. The lowest BCUT2D eigenvalue weighted by molar-refractivity contribution is -0.397. The third-order valence-electron chi connectivity index (χ3n) is 4.58. The Morgan fingerprint density at radius 3 is 2.00 bits per heavy atom. The molecular weight excluding hydrogens is 344 g/mol. The molecule has 2 aliphatic rings. The van der Waals surface area contributed by atoms with Gasteiger partial charge in [0.25, 0.3) is 0 Å². The number of ether oxygens (including phenoxy) is 4. The molecule has 0 amide bonds. The van der Waals surface area contributed by atoms with Gasteiger partial charge >= 0.3 is 0 Å². The van der Waals surface area contributed by atoms with Gasteiger partial charge in [0.15, 0.2) is 12.1 Å². The molecule has 0 radical (unpaired) electrons. The van der Waals surface area contributed by atoms with E-state index in [0.717, 1.165) is 0 Å². The fraction of sp³-hybridized carbons (Fsp3) is 1.00. The minimum Gasteiger partial charge on any atom is -0.394 e. The molecule has 0 aliphatic carbocycles. The molecule has 2 aliphatic heterocycles. The average molecular weight is 370 g/mol. The Labute approximate surface area is 143 Å². The van der Waals surface area contributed by atoms with Crippen molar-refractivity contribution in [1.29, 1.82) is 0 Å². The Balaban J connectivity index is 2.22. The molecule has 148 valence electrons. The van der Waals surface area contributed by atoms with Crippen LogP contribution in [0.3, 0.4) is 0 Å². The first-order valence-corrected chi connectivity index (χ1v) is 7.86. The molecule has 0 aromatic heterocycles. The highest BCUT2D eigenvalue weighted by atomic mass is 16.8. The number of hydrogen-bond donors (Lipinski definition) is 7. The molecule has 10 atom stereocenters. The van der Waals surface area contributed by atoms with E-state index in [-0.39, 0.29) is 0 Å². The number of hydrogen-bond acceptors (Lipinski definition) is 11. The average Bonchev–Trinajstić information content (AvgIpc) is 2.61. The lowest BCUT2D eigenvalue weighted by Gasteiger charge is -2.50. The molecule has 25 heavy (non-hydrogen) atoms. The lowest BCUT2D eigenvalue weighted by atomic mass is 9.92. The van der Waals surface area contributed by atoms with Crippen molar-refractivity contribution in [3.8, 4) is 0 Å². The van der Waals surface area contributed by atoms with Crippen molar-refractivity contribution in [2.45, 2.75) is 67.8 Å². The van der Waals surface area contributed by atoms with Crippen LogP contribution in [0.2, 0.25) is 0 Å². The molecular formula is C14H26O11. The summed E-state index contributed by atoms with van der Waals surface area (Å²) in [6.07, 6.45) is -13.0. The van der Waals surface area contributed by atoms with Gasteiger partial charge < -0.3 is 54.7 Å². The largest absolute Gasteiger partial charge is 0.394 e. The van der Waals surface area contributed by atoms with Crippen LogP contribution in [0, 0.1) is 0 Å². The van der Waals surface area contributed by atoms with Crippen molar-refractivity contribution in [3.63, 3.8) is 0 Å². The molecule has 2 heterocycles. The van der Waals surface area contributed by atoms with Gasteiger partial charge in [0, 0.05) is 7.11 Å². The van der Waals surface area contributed by atoms with Crippen molar-refractivity contribution < 1.29 is 54.7 Å². The predicted octanol–water partition coefficient (Wildman–Crippen LogP) is -4.35. The zero-order chi connectivity index (χ0) is 18.9. The molecule has 2 saturated heterocycles. The molecule has 7 N–H and O–H groups in total. The normalized spacial score (nSPS) is 51.5. The second-order valence-corrected chi connectivity index (χ2v) is 6.31. The van der Waals surface area contributed by atoms with Gasteiger partial charge in [-0.05, 0) is 6.92 Å². The highest BCUT2D eigenvalue weighted by molar-refractivity contribution is 4.98. The minimum absolute atomic E-state index is 0.602. The summed E-state index contributed by atoms with van der Waals surface area (Å²) < 4.78 is 21.1. The summed E-state index contributed by atoms with van der Waals surface area (Å²) in [4.78, 5) is 0. The summed E-state index contributed by atoms with van der Waals surface area (Å²) in [5.74, 6) is -1.96. The van der Waals surface area contributed by atoms with Crippen LogP contribution in [0.5, 0.6) is 0 Å². The smallest absolute Gasteiger partial charge is 0.195 e. The first-order valence-electron chi connectivity index (χ1n) is 7.86.